The fourth-order valence-corrected chi connectivity index (χ4v) is 3.04. The number of anilines is 1. The van der Waals surface area contributed by atoms with E-state index in [0.29, 0.717) is 6.54 Å². The number of aromatic nitrogens is 2. The van der Waals surface area contributed by atoms with Gasteiger partial charge in [-0.1, -0.05) is 22.7 Å². The van der Waals surface area contributed by atoms with Crippen molar-refractivity contribution in [3.05, 3.63) is 41.1 Å². The zero-order valence-electron chi connectivity index (χ0n) is 11.3. The summed E-state index contributed by atoms with van der Waals surface area (Å²) in [6.07, 6.45) is 1.93. The Hall–Kier alpha value is -1.95. The molecule has 1 N–H and O–H groups in total. The third kappa shape index (κ3) is 2.38. The van der Waals surface area contributed by atoms with Gasteiger partial charge >= 0.3 is 0 Å². The summed E-state index contributed by atoms with van der Waals surface area (Å²) < 4.78 is 3.94. The molecule has 0 saturated heterocycles. The Morgan fingerprint density at radius 3 is 3.10 bits per heavy atom. The first kappa shape index (κ1) is 13.1. The second-order valence-corrected chi connectivity index (χ2v) is 5.54. The Morgan fingerprint density at radius 2 is 2.25 bits per heavy atom. The molecule has 5 nitrogen and oxygen atoms in total. The van der Waals surface area contributed by atoms with E-state index in [2.05, 4.69) is 14.9 Å². The highest BCUT2D eigenvalue weighted by Gasteiger charge is 2.23. The van der Waals surface area contributed by atoms with Crippen LogP contribution in [0.4, 0.5) is 5.00 Å². The van der Waals surface area contributed by atoms with Gasteiger partial charge in [-0.3, -0.25) is 4.79 Å². The molecule has 0 saturated carbocycles. The molecule has 0 radical (unpaired) electrons. The van der Waals surface area contributed by atoms with Crippen LogP contribution >= 0.6 is 11.5 Å². The van der Waals surface area contributed by atoms with Crippen molar-refractivity contribution in [3.8, 4) is 0 Å². The summed E-state index contributed by atoms with van der Waals surface area (Å²) in [4.78, 5) is 14.5. The molecule has 0 spiro atoms. The molecule has 0 atom stereocenters. The minimum absolute atomic E-state index is 0.0909. The van der Waals surface area contributed by atoms with Crippen LogP contribution in [0.5, 0.6) is 0 Å². The van der Waals surface area contributed by atoms with Gasteiger partial charge in [-0.15, -0.1) is 5.10 Å². The quantitative estimate of drug-likeness (QED) is 0.940. The molecule has 0 fully saturated rings. The van der Waals surface area contributed by atoms with Crippen LogP contribution in [0.3, 0.4) is 0 Å². The highest BCUT2D eigenvalue weighted by Crippen LogP contribution is 2.23. The number of nitrogens with zero attached hydrogens (tertiary/aromatic N) is 3. The normalized spacial score (nSPS) is 14.8. The molecule has 2 heterocycles. The Labute approximate surface area is 121 Å². The monoisotopic (exact) mass is 288 g/mol. The fourth-order valence-electron chi connectivity index (χ4n) is 2.51. The largest absolute Gasteiger partial charge is 0.377 e. The number of benzene rings is 1. The van der Waals surface area contributed by atoms with Crippen molar-refractivity contribution in [2.45, 2.75) is 19.4 Å². The summed E-state index contributed by atoms with van der Waals surface area (Å²) in [6, 6.07) is 7.86. The molecule has 1 amide bonds. The molecule has 1 aliphatic rings. The summed E-state index contributed by atoms with van der Waals surface area (Å²) in [6.45, 7) is 1.27. The maximum absolute atomic E-state index is 12.6. The van der Waals surface area contributed by atoms with E-state index < -0.39 is 0 Å². The number of nitrogens with one attached hydrogen (secondary N) is 1. The van der Waals surface area contributed by atoms with Crippen molar-refractivity contribution in [2.75, 3.05) is 18.9 Å². The topological polar surface area (TPSA) is 58.1 Å². The van der Waals surface area contributed by atoms with Crippen LogP contribution < -0.4 is 5.32 Å². The third-order valence-electron chi connectivity index (χ3n) is 3.53. The van der Waals surface area contributed by atoms with E-state index >= 15 is 0 Å². The SMILES string of the molecule is CNc1snnc1CN1CCCc2ccccc2C1=O. The highest BCUT2D eigenvalue weighted by atomic mass is 32.1. The molecular weight excluding hydrogens is 272 g/mol. The molecule has 2 aromatic rings. The summed E-state index contributed by atoms with van der Waals surface area (Å²) >= 11 is 1.32. The van der Waals surface area contributed by atoms with Gasteiger partial charge in [0.25, 0.3) is 5.91 Å². The Balaban J connectivity index is 1.86. The summed E-state index contributed by atoms with van der Waals surface area (Å²) in [5.41, 5.74) is 2.80. The Bertz CT molecular complexity index is 625. The third-order valence-corrected chi connectivity index (χ3v) is 4.32. The second kappa shape index (κ2) is 5.58. The lowest BCUT2D eigenvalue weighted by Crippen LogP contribution is -2.30. The maximum Gasteiger partial charge on any atom is 0.254 e. The van der Waals surface area contributed by atoms with E-state index in [-0.39, 0.29) is 5.91 Å². The van der Waals surface area contributed by atoms with Crippen LogP contribution in [-0.2, 0) is 13.0 Å². The van der Waals surface area contributed by atoms with Crippen molar-refractivity contribution in [2.24, 2.45) is 0 Å². The molecule has 104 valence electrons. The van der Waals surface area contributed by atoms with E-state index in [0.717, 1.165) is 41.2 Å². The average molecular weight is 288 g/mol. The Morgan fingerprint density at radius 1 is 1.40 bits per heavy atom. The van der Waals surface area contributed by atoms with Crippen LogP contribution in [0.15, 0.2) is 24.3 Å². The van der Waals surface area contributed by atoms with Crippen molar-refractivity contribution in [1.29, 1.82) is 0 Å². The molecule has 1 aromatic heterocycles. The lowest BCUT2D eigenvalue weighted by atomic mass is 10.0. The van der Waals surface area contributed by atoms with Crippen molar-refractivity contribution < 1.29 is 4.79 Å². The molecule has 0 bridgehead atoms. The van der Waals surface area contributed by atoms with Crippen LogP contribution in [0.2, 0.25) is 0 Å². The number of carbonyl (C=O) groups is 1. The minimum atomic E-state index is 0.0909. The predicted molar refractivity (Wildman–Crippen MR) is 79.0 cm³/mol. The lowest BCUT2D eigenvalue weighted by molar-refractivity contribution is 0.0747. The van der Waals surface area contributed by atoms with E-state index in [9.17, 15) is 4.79 Å². The van der Waals surface area contributed by atoms with Crippen molar-refractivity contribution in [3.63, 3.8) is 0 Å². The van der Waals surface area contributed by atoms with Gasteiger partial charge in [-0.25, -0.2) is 0 Å². The lowest BCUT2D eigenvalue weighted by Gasteiger charge is -2.20. The molecule has 0 aliphatic carbocycles. The number of hydrogen-bond donors (Lipinski definition) is 1. The van der Waals surface area contributed by atoms with Gasteiger partial charge in [-0.05, 0) is 24.5 Å². The predicted octanol–water partition coefficient (Wildman–Crippen LogP) is 2.17. The average Bonchev–Trinajstić information content (AvgIpc) is 2.86. The molecule has 1 aliphatic heterocycles. The first-order valence-corrected chi connectivity index (χ1v) is 7.43. The fraction of sp³-hybridized carbons (Fsp3) is 0.357. The standard InChI is InChI=1S/C14H16N4OS/c1-15-13-12(16-17-20-13)9-18-8-4-6-10-5-2-3-7-11(10)14(18)19/h2-3,5,7,15H,4,6,8-9H2,1H3. The second-order valence-electron chi connectivity index (χ2n) is 4.79. The molecular formula is C14H16N4OS. The number of hydrogen-bond acceptors (Lipinski definition) is 5. The summed E-state index contributed by atoms with van der Waals surface area (Å²) in [5, 5.41) is 8.11. The van der Waals surface area contributed by atoms with Crippen LogP contribution in [-0.4, -0.2) is 34.0 Å². The van der Waals surface area contributed by atoms with Gasteiger partial charge in [0.1, 0.15) is 10.7 Å². The van der Waals surface area contributed by atoms with Crippen LogP contribution in [0.25, 0.3) is 0 Å². The molecule has 1 aromatic carbocycles. The first-order valence-electron chi connectivity index (χ1n) is 6.65. The van der Waals surface area contributed by atoms with Gasteiger partial charge in [-0.2, -0.15) is 0 Å². The molecule has 3 rings (SSSR count). The molecule has 20 heavy (non-hydrogen) atoms. The smallest absolute Gasteiger partial charge is 0.254 e. The number of rotatable bonds is 3. The number of carbonyl (C=O) groups excluding carboxylic acids is 1. The van der Waals surface area contributed by atoms with Crippen molar-refractivity contribution >= 4 is 22.4 Å². The van der Waals surface area contributed by atoms with Crippen molar-refractivity contribution in [1.82, 2.24) is 14.5 Å². The zero-order valence-corrected chi connectivity index (χ0v) is 12.1. The van der Waals surface area contributed by atoms with Gasteiger partial charge in [0.15, 0.2) is 0 Å². The first-order chi connectivity index (χ1) is 9.79. The van der Waals surface area contributed by atoms with Crippen LogP contribution in [0, 0.1) is 0 Å². The number of aryl methyl sites for hydroxylation is 1. The number of amides is 1. The van der Waals surface area contributed by atoms with E-state index in [1.807, 2.05) is 36.2 Å². The van der Waals surface area contributed by atoms with E-state index in [1.165, 1.54) is 11.5 Å². The summed E-state index contributed by atoms with van der Waals surface area (Å²) in [5.74, 6) is 0.0909. The molecule has 0 unspecified atom stereocenters. The Kier molecular flexibility index (Phi) is 3.64. The van der Waals surface area contributed by atoms with Gasteiger partial charge in [0.2, 0.25) is 0 Å². The maximum atomic E-state index is 12.6. The van der Waals surface area contributed by atoms with Gasteiger partial charge in [0, 0.05) is 30.7 Å². The zero-order chi connectivity index (χ0) is 13.9. The van der Waals surface area contributed by atoms with E-state index in [1.54, 1.807) is 0 Å². The molecule has 6 heteroatoms. The van der Waals surface area contributed by atoms with Crippen LogP contribution in [0.1, 0.15) is 28.0 Å². The van der Waals surface area contributed by atoms with Gasteiger partial charge < -0.3 is 10.2 Å². The van der Waals surface area contributed by atoms with E-state index in [4.69, 9.17) is 0 Å². The minimum Gasteiger partial charge on any atom is -0.377 e. The van der Waals surface area contributed by atoms with Gasteiger partial charge in [0.05, 0.1) is 6.54 Å². The number of fused-ring (bicyclic) bond motifs is 1. The highest BCUT2D eigenvalue weighted by molar-refractivity contribution is 7.10. The summed E-state index contributed by atoms with van der Waals surface area (Å²) in [7, 11) is 1.85.